The second kappa shape index (κ2) is 5.79. The Labute approximate surface area is 115 Å². The highest BCUT2D eigenvalue weighted by Crippen LogP contribution is 2.19. The molecule has 0 aliphatic carbocycles. The van der Waals surface area contributed by atoms with E-state index in [9.17, 15) is 9.59 Å². The molecule has 0 saturated carbocycles. The van der Waals surface area contributed by atoms with E-state index in [-0.39, 0.29) is 11.8 Å². The summed E-state index contributed by atoms with van der Waals surface area (Å²) in [4.78, 5) is 23.3. The summed E-state index contributed by atoms with van der Waals surface area (Å²) < 4.78 is 1.88. The van der Waals surface area contributed by atoms with E-state index in [1.807, 2.05) is 42.1 Å². The summed E-state index contributed by atoms with van der Waals surface area (Å²) in [5, 5.41) is 0.863. The molecule has 1 aromatic heterocycles. The Kier molecular flexibility index (Phi) is 4.11. The van der Waals surface area contributed by atoms with Gasteiger partial charge in [-0.3, -0.25) is 20.4 Å². The molecule has 0 unspecified atom stereocenters. The monoisotopic (exact) mass is 277 g/mol. The highest BCUT2D eigenvalue weighted by molar-refractivity contribution is 7.99. The standard InChI is InChI=1S/C13H15N3O2S/c1-16-7-10(9-5-3-4-6-11(9)16)13(18)15-14-12(17)8-19-2/h3-7H,8H2,1-2H3,(H,14,17)(H,15,18). The van der Waals surface area contributed by atoms with Crippen molar-refractivity contribution in [2.24, 2.45) is 7.05 Å². The molecular formula is C13H15N3O2S. The molecule has 0 atom stereocenters. The van der Waals surface area contributed by atoms with Gasteiger partial charge in [-0.15, -0.1) is 0 Å². The number of carbonyl (C=O) groups excluding carboxylic acids is 2. The number of fused-ring (bicyclic) bond motifs is 1. The van der Waals surface area contributed by atoms with Crippen molar-refractivity contribution in [3.63, 3.8) is 0 Å². The zero-order valence-electron chi connectivity index (χ0n) is 10.8. The first-order valence-corrected chi connectivity index (χ1v) is 7.15. The van der Waals surface area contributed by atoms with Crippen molar-refractivity contribution < 1.29 is 9.59 Å². The topological polar surface area (TPSA) is 63.1 Å². The molecule has 0 aliphatic heterocycles. The predicted octanol–water partition coefficient (Wildman–Crippen LogP) is 1.30. The van der Waals surface area contributed by atoms with Gasteiger partial charge in [0.25, 0.3) is 5.91 Å². The number of hydrazine groups is 1. The van der Waals surface area contributed by atoms with Crippen LogP contribution in [-0.2, 0) is 11.8 Å². The molecular weight excluding hydrogens is 262 g/mol. The summed E-state index contributed by atoms with van der Waals surface area (Å²) in [5.74, 6) is -0.220. The smallest absolute Gasteiger partial charge is 0.271 e. The minimum atomic E-state index is -0.314. The van der Waals surface area contributed by atoms with Gasteiger partial charge >= 0.3 is 0 Å². The lowest BCUT2D eigenvalue weighted by Gasteiger charge is -2.05. The van der Waals surface area contributed by atoms with Crippen molar-refractivity contribution in [3.8, 4) is 0 Å². The van der Waals surface area contributed by atoms with Gasteiger partial charge < -0.3 is 4.57 Å². The third kappa shape index (κ3) is 2.90. The van der Waals surface area contributed by atoms with Gasteiger partial charge in [-0.25, -0.2) is 0 Å². The molecule has 0 spiro atoms. The maximum absolute atomic E-state index is 12.0. The van der Waals surface area contributed by atoms with Gasteiger partial charge in [0.2, 0.25) is 5.91 Å². The Bertz CT molecular complexity index is 621. The van der Waals surface area contributed by atoms with Crippen LogP contribution < -0.4 is 10.9 Å². The number of rotatable bonds is 3. The van der Waals surface area contributed by atoms with E-state index in [1.165, 1.54) is 11.8 Å². The number of aromatic nitrogens is 1. The minimum absolute atomic E-state index is 0.221. The summed E-state index contributed by atoms with van der Waals surface area (Å²) in [6.07, 6.45) is 3.58. The van der Waals surface area contributed by atoms with Crippen molar-refractivity contribution in [1.29, 1.82) is 0 Å². The summed E-state index contributed by atoms with van der Waals surface area (Å²) in [7, 11) is 1.88. The van der Waals surface area contributed by atoms with Crippen LogP contribution in [-0.4, -0.2) is 28.4 Å². The first kappa shape index (κ1) is 13.5. The first-order chi connectivity index (χ1) is 9.13. The number of para-hydroxylation sites is 1. The van der Waals surface area contributed by atoms with E-state index >= 15 is 0 Å². The fourth-order valence-electron chi connectivity index (χ4n) is 1.88. The number of thioether (sulfide) groups is 1. The van der Waals surface area contributed by atoms with Crippen LogP contribution in [0.25, 0.3) is 10.9 Å². The number of nitrogens with one attached hydrogen (secondary N) is 2. The maximum Gasteiger partial charge on any atom is 0.271 e. The predicted molar refractivity (Wildman–Crippen MR) is 76.9 cm³/mol. The van der Waals surface area contributed by atoms with E-state index in [4.69, 9.17) is 0 Å². The molecule has 2 rings (SSSR count). The number of aryl methyl sites for hydroxylation is 1. The van der Waals surface area contributed by atoms with E-state index in [0.29, 0.717) is 11.3 Å². The highest BCUT2D eigenvalue weighted by atomic mass is 32.2. The van der Waals surface area contributed by atoms with E-state index < -0.39 is 0 Å². The second-order valence-electron chi connectivity index (χ2n) is 4.11. The van der Waals surface area contributed by atoms with Crippen LogP contribution in [0.3, 0.4) is 0 Å². The van der Waals surface area contributed by atoms with Crippen LogP contribution in [0.2, 0.25) is 0 Å². The average molecular weight is 277 g/mol. The number of nitrogens with zero attached hydrogens (tertiary/aromatic N) is 1. The Hall–Kier alpha value is -1.95. The Morgan fingerprint density at radius 2 is 2.00 bits per heavy atom. The number of hydrogen-bond donors (Lipinski definition) is 2. The molecule has 0 bridgehead atoms. The summed E-state index contributed by atoms with van der Waals surface area (Å²) in [6.45, 7) is 0. The molecule has 5 nitrogen and oxygen atoms in total. The maximum atomic E-state index is 12.0. The normalized spacial score (nSPS) is 10.4. The van der Waals surface area contributed by atoms with Gasteiger partial charge in [-0.1, -0.05) is 18.2 Å². The van der Waals surface area contributed by atoms with Crippen LogP contribution in [0.4, 0.5) is 0 Å². The van der Waals surface area contributed by atoms with Crippen LogP contribution in [0.1, 0.15) is 10.4 Å². The third-order valence-electron chi connectivity index (χ3n) is 2.73. The van der Waals surface area contributed by atoms with E-state index in [1.54, 1.807) is 6.20 Å². The van der Waals surface area contributed by atoms with Crippen molar-refractivity contribution >= 4 is 34.5 Å². The Balaban J connectivity index is 2.16. The molecule has 2 amide bonds. The van der Waals surface area contributed by atoms with Crippen LogP contribution >= 0.6 is 11.8 Å². The Morgan fingerprint density at radius 1 is 1.26 bits per heavy atom. The second-order valence-corrected chi connectivity index (χ2v) is 4.97. The third-order valence-corrected chi connectivity index (χ3v) is 3.28. The largest absolute Gasteiger partial charge is 0.350 e. The van der Waals surface area contributed by atoms with Crippen molar-refractivity contribution in [1.82, 2.24) is 15.4 Å². The molecule has 0 saturated heterocycles. The van der Waals surface area contributed by atoms with Gasteiger partial charge in [0, 0.05) is 24.1 Å². The Morgan fingerprint density at radius 3 is 2.74 bits per heavy atom. The SMILES string of the molecule is CSCC(=O)NNC(=O)c1cn(C)c2ccccc12. The summed E-state index contributed by atoms with van der Waals surface area (Å²) in [6, 6.07) is 7.63. The van der Waals surface area contributed by atoms with Gasteiger partial charge in [0.15, 0.2) is 0 Å². The molecule has 6 heteroatoms. The fourth-order valence-corrected chi connectivity index (χ4v) is 2.22. The quantitative estimate of drug-likeness (QED) is 0.831. The lowest BCUT2D eigenvalue weighted by Crippen LogP contribution is -2.42. The molecule has 0 fully saturated rings. The number of benzene rings is 1. The minimum Gasteiger partial charge on any atom is -0.350 e. The van der Waals surface area contributed by atoms with Crippen molar-refractivity contribution in [2.45, 2.75) is 0 Å². The van der Waals surface area contributed by atoms with Gasteiger partial charge in [-0.2, -0.15) is 11.8 Å². The van der Waals surface area contributed by atoms with Crippen LogP contribution in [0, 0.1) is 0 Å². The highest BCUT2D eigenvalue weighted by Gasteiger charge is 2.13. The molecule has 0 aliphatic rings. The van der Waals surface area contributed by atoms with Gasteiger partial charge in [0.1, 0.15) is 0 Å². The van der Waals surface area contributed by atoms with Crippen molar-refractivity contribution in [2.75, 3.05) is 12.0 Å². The molecule has 19 heavy (non-hydrogen) atoms. The zero-order chi connectivity index (χ0) is 13.8. The van der Waals surface area contributed by atoms with Crippen LogP contribution in [0.5, 0.6) is 0 Å². The lowest BCUT2D eigenvalue weighted by atomic mass is 10.2. The van der Waals surface area contributed by atoms with E-state index in [0.717, 1.165) is 10.9 Å². The summed E-state index contributed by atoms with van der Waals surface area (Å²) in [5.41, 5.74) is 6.33. The zero-order valence-corrected chi connectivity index (χ0v) is 11.6. The first-order valence-electron chi connectivity index (χ1n) is 5.75. The number of carbonyl (C=O) groups is 2. The molecule has 100 valence electrons. The van der Waals surface area contributed by atoms with Crippen molar-refractivity contribution in [3.05, 3.63) is 36.0 Å². The summed E-state index contributed by atoms with van der Waals surface area (Å²) >= 11 is 1.40. The van der Waals surface area contributed by atoms with Crippen LogP contribution in [0.15, 0.2) is 30.5 Å². The molecule has 0 radical (unpaired) electrons. The van der Waals surface area contributed by atoms with E-state index in [2.05, 4.69) is 10.9 Å². The molecule has 1 heterocycles. The van der Waals surface area contributed by atoms with Gasteiger partial charge in [0.05, 0.1) is 11.3 Å². The average Bonchev–Trinajstić information content (AvgIpc) is 2.75. The van der Waals surface area contributed by atoms with Gasteiger partial charge in [-0.05, 0) is 12.3 Å². The number of amides is 2. The molecule has 2 N–H and O–H groups in total. The number of hydrogen-bond acceptors (Lipinski definition) is 3. The lowest BCUT2D eigenvalue weighted by molar-refractivity contribution is -0.119. The molecule has 2 aromatic rings. The fraction of sp³-hybridized carbons (Fsp3) is 0.231. The molecule has 1 aromatic carbocycles.